The van der Waals surface area contributed by atoms with Gasteiger partial charge in [-0.15, -0.1) is 0 Å². The Morgan fingerprint density at radius 1 is 1.13 bits per heavy atom. The molecule has 1 atom stereocenters. The van der Waals surface area contributed by atoms with Crippen molar-refractivity contribution in [3.8, 4) is 0 Å². The molecule has 0 spiro atoms. The molecule has 5 heteroatoms. The van der Waals surface area contributed by atoms with Gasteiger partial charge in [0.15, 0.2) is 0 Å². The molecular formula is C18H17ClN2O2. The number of nitrogens with zero attached hydrogens (tertiary/aromatic N) is 1. The van der Waals surface area contributed by atoms with Gasteiger partial charge >= 0.3 is 0 Å². The standard InChI is InChI=1S/C18H17ClN2O2/c19-14-6-8-16(9-7-14)21-12-15(11-18(21)23)20-17(22)10-13-4-2-1-3-5-13/h1-9,15H,10-12H2,(H,20,22)/t15-/m0/s1. The molecular weight excluding hydrogens is 312 g/mol. The maximum atomic E-state index is 12.2. The maximum absolute atomic E-state index is 12.2. The summed E-state index contributed by atoms with van der Waals surface area (Å²) in [6.45, 7) is 0.487. The van der Waals surface area contributed by atoms with Crippen LogP contribution in [-0.2, 0) is 16.0 Å². The maximum Gasteiger partial charge on any atom is 0.229 e. The second-order valence-electron chi connectivity index (χ2n) is 5.61. The first-order chi connectivity index (χ1) is 11.1. The van der Waals surface area contributed by atoms with Crippen molar-refractivity contribution in [2.24, 2.45) is 0 Å². The quantitative estimate of drug-likeness (QED) is 0.938. The molecule has 23 heavy (non-hydrogen) atoms. The summed E-state index contributed by atoms with van der Waals surface area (Å²) in [5, 5.41) is 3.57. The third-order valence-corrected chi connectivity index (χ3v) is 4.09. The first kappa shape index (κ1) is 15.6. The van der Waals surface area contributed by atoms with Crippen molar-refractivity contribution in [2.75, 3.05) is 11.4 Å². The van der Waals surface area contributed by atoms with Crippen LogP contribution in [0.3, 0.4) is 0 Å². The molecule has 1 heterocycles. The minimum Gasteiger partial charge on any atom is -0.351 e. The van der Waals surface area contributed by atoms with Gasteiger partial charge in [-0.25, -0.2) is 0 Å². The number of carbonyl (C=O) groups excluding carboxylic acids is 2. The van der Waals surface area contributed by atoms with Gasteiger partial charge in [-0.3, -0.25) is 9.59 Å². The Kier molecular flexibility index (Phi) is 4.63. The van der Waals surface area contributed by atoms with Crippen LogP contribution in [0, 0.1) is 0 Å². The Bertz CT molecular complexity index is 701. The van der Waals surface area contributed by atoms with Crippen molar-refractivity contribution in [1.29, 1.82) is 0 Å². The van der Waals surface area contributed by atoms with Crippen molar-refractivity contribution in [3.05, 3.63) is 65.2 Å². The minimum absolute atomic E-state index is 0.0114. The molecule has 2 aromatic carbocycles. The SMILES string of the molecule is O=C(Cc1ccccc1)N[C@H]1CC(=O)N(c2ccc(Cl)cc2)C1. The predicted octanol–water partition coefficient (Wildman–Crippen LogP) is 2.80. The van der Waals surface area contributed by atoms with E-state index >= 15 is 0 Å². The van der Waals surface area contributed by atoms with Crippen molar-refractivity contribution < 1.29 is 9.59 Å². The summed E-state index contributed by atoms with van der Waals surface area (Å²) in [5.41, 5.74) is 1.77. The average Bonchev–Trinajstić information content (AvgIpc) is 2.89. The smallest absolute Gasteiger partial charge is 0.229 e. The van der Waals surface area contributed by atoms with Gasteiger partial charge in [-0.2, -0.15) is 0 Å². The number of hydrogen-bond donors (Lipinski definition) is 1. The van der Waals surface area contributed by atoms with E-state index in [9.17, 15) is 9.59 Å². The summed E-state index contributed by atoms with van der Waals surface area (Å²) >= 11 is 5.87. The average molecular weight is 329 g/mol. The van der Waals surface area contributed by atoms with E-state index in [0.717, 1.165) is 11.3 Å². The molecule has 0 aromatic heterocycles. The Hall–Kier alpha value is -2.33. The van der Waals surface area contributed by atoms with Crippen LogP contribution in [0.25, 0.3) is 0 Å². The number of hydrogen-bond acceptors (Lipinski definition) is 2. The molecule has 0 unspecified atom stereocenters. The highest BCUT2D eigenvalue weighted by molar-refractivity contribution is 6.30. The van der Waals surface area contributed by atoms with Crippen LogP contribution in [0.4, 0.5) is 5.69 Å². The Morgan fingerprint density at radius 2 is 1.83 bits per heavy atom. The van der Waals surface area contributed by atoms with Crippen LogP contribution in [0.5, 0.6) is 0 Å². The molecule has 1 aliphatic rings. The lowest BCUT2D eigenvalue weighted by molar-refractivity contribution is -0.121. The van der Waals surface area contributed by atoms with E-state index in [0.29, 0.717) is 24.4 Å². The van der Waals surface area contributed by atoms with E-state index in [1.165, 1.54) is 0 Å². The van der Waals surface area contributed by atoms with E-state index in [1.54, 1.807) is 17.0 Å². The van der Waals surface area contributed by atoms with E-state index in [1.807, 2.05) is 42.5 Å². The molecule has 1 N–H and O–H groups in total. The van der Waals surface area contributed by atoms with Crippen LogP contribution in [0.15, 0.2) is 54.6 Å². The molecule has 0 radical (unpaired) electrons. The van der Waals surface area contributed by atoms with Gasteiger partial charge in [0.2, 0.25) is 11.8 Å². The van der Waals surface area contributed by atoms with Crippen molar-refractivity contribution in [3.63, 3.8) is 0 Å². The first-order valence-electron chi connectivity index (χ1n) is 7.51. The zero-order chi connectivity index (χ0) is 16.2. The van der Waals surface area contributed by atoms with Gasteiger partial charge in [0.05, 0.1) is 12.5 Å². The first-order valence-corrected chi connectivity index (χ1v) is 7.89. The highest BCUT2D eigenvalue weighted by Crippen LogP contribution is 2.23. The third kappa shape index (κ3) is 3.90. The zero-order valence-corrected chi connectivity index (χ0v) is 13.3. The number of anilines is 1. The van der Waals surface area contributed by atoms with Crippen molar-refractivity contribution in [1.82, 2.24) is 5.32 Å². The molecule has 0 saturated carbocycles. The van der Waals surface area contributed by atoms with E-state index in [2.05, 4.69) is 5.32 Å². The third-order valence-electron chi connectivity index (χ3n) is 3.84. The number of rotatable bonds is 4. The number of carbonyl (C=O) groups is 2. The fourth-order valence-corrected chi connectivity index (χ4v) is 2.86. The summed E-state index contributed by atoms with van der Waals surface area (Å²) in [6, 6.07) is 16.5. The summed E-state index contributed by atoms with van der Waals surface area (Å²) in [5.74, 6) is -0.0516. The molecule has 1 fully saturated rings. The number of halogens is 1. The van der Waals surface area contributed by atoms with Gasteiger partial charge in [-0.1, -0.05) is 41.9 Å². The fourth-order valence-electron chi connectivity index (χ4n) is 2.73. The Labute approximate surface area is 140 Å². The van der Waals surface area contributed by atoms with Crippen LogP contribution in [-0.4, -0.2) is 24.4 Å². The Balaban J connectivity index is 1.59. The molecule has 118 valence electrons. The second kappa shape index (κ2) is 6.84. The van der Waals surface area contributed by atoms with E-state index in [-0.39, 0.29) is 17.9 Å². The van der Waals surface area contributed by atoms with E-state index in [4.69, 9.17) is 11.6 Å². The predicted molar refractivity (Wildman–Crippen MR) is 90.5 cm³/mol. The van der Waals surface area contributed by atoms with Gasteiger partial charge < -0.3 is 10.2 Å². The molecule has 1 saturated heterocycles. The number of benzene rings is 2. The minimum atomic E-state index is -0.158. The molecule has 2 amide bonds. The zero-order valence-electron chi connectivity index (χ0n) is 12.5. The van der Waals surface area contributed by atoms with Crippen molar-refractivity contribution in [2.45, 2.75) is 18.9 Å². The summed E-state index contributed by atoms with van der Waals surface area (Å²) in [4.78, 5) is 25.9. The Morgan fingerprint density at radius 3 is 2.52 bits per heavy atom. The summed E-state index contributed by atoms with van der Waals surface area (Å²) in [6.07, 6.45) is 0.648. The van der Waals surface area contributed by atoms with Crippen LogP contribution in [0.1, 0.15) is 12.0 Å². The van der Waals surface area contributed by atoms with Gasteiger partial charge in [0.1, 0.15) is 0 Å². The molecule has 3 rings (SSSR count). The fraction of sp³-hybridized carbons (Fsp3) is 0.222. The number of nitrogens with one attached hydrogen (secondary N) is 1. The van der Waals surface area contributed by atoms with Gasteiger partial charge in [0.25, 0.3) is 0 Å². The topological polar surface area (TPSA) is 49.4 Å². The summed E-state index contributed by atoms with van der Waals surface area (Å²) < 4.78 is 0. The molecule has 0 bridgehead atoms. The van der Waals surface area contributed by atoms with Crippen molar-refractivity contribution >= 4 is 29.1 Å². The van der Waals surface area contributed by atoms with Crippen LogP contribution < -0.4 is 10.2 Å². The molecule has 4 nitrogen and oxygen atoms in total. The molecule has 2 aromatic rings. The van der Waals surface area contributed by atoms with Crippen LogP contribution in [0.2, 0.25) is 5.02 Å². The molecule has 1 aliphatic heterocycles. The highest BCUT2D eigenvalue weighted by Gasteiger charge is 2.31. The lowest BCUT2D eigenvalue weighted by Crippen LogP contribution is -2.38. The van der Waals surface area contributed by atoms with E-state index < -0.39 is 0 Å². The monoisotopic (exact) mass is 328 g/mol. The lowest BCUT2D eigenvalue weighted by Gasteiger charge is -2.17. The van der Waals surface area contributed by atoms with Gasteiger partial charge in [-0.05, 0) is 29.8 Å². The van der Waals surface area contributed by atoms with Crippen LogP contribution >= 0.6 is 11.6 Å². The second-order valence-corrected chi connectivity index (χ2v) is 6.05. The summed E-state index contributed by atoms with van der Waals surface area (Å²) in [7, 11) is 0. The largest absolute Gasteiger partial charge is 0.351 e. The molecule has 0 aliphatic carbocycles. The lowest BCUT2D eigenvalue weighted by atomic mass is 10.1. The highest BCUT2D eigenvalue weighted by atomic mass is 35.5. The number of amides is 2. The van der Waals surface area contributed by atoms with Gasteiger partial charge in [0, 0.05) is 23.7 Å². The normalized spacial score (nSPS) is 17.3.